The molecule has 9 rings (SSSR count). The second-order valence-corrected chi connectivity index (χ2v) is 21.5. The third-order valence-electron chi connectivity index (χ3n) is 18.3. The number of fused-ring (bicyclic) bond motifs is 7. The summed E-state index contributed by atoms with van der Waals surface area (Å²) in [5, 5.41) is 96.2. The summed E-state index contributed by atoms with van der Waals surface area (Å²) in [7, 11) is 0. The summed E-state index contributed by atoms with van der Waals surface area (Å²) < 4.78 is 49.9. The predicted molar refractivity (Wildman–Crippen MR) is 214 cm³/mol. The highest BCUT2D eigenvalue weighted by Crippen LogP contribution is 2.71. The van der Waals surface area contributed by atoms with Crippen molar-refractivity contribution in [3.05, 3.63) is 0 Å². The molecule has 4 aliphatic carbocycles. The summed E-state index contributed by atoms with van der Waals surface area (Å²) in [5.41, 5.74) is 0.323. The molecule has 62 heavy (non-hydrogen) atoms. The van der Waals surface area contributed by atoms with Gasteiger partial charge in [-0.1, -0.05) is 27.7 Å². The molecule has 356 valence electrons. The molecule has 0 unspecified atom stereocenters. The first-order chi connectivity index (χ1) is 29.4. The minimum absolute atomic E-state index is 0.106. The SMILES string of the molecule is C[C@H]1CC[C@@]2(OC1)O[C@H]1C[C@@H]3[C@H]4CC[C@@H]5C[C@@H](O[C@@H]6O[C@H](CO)[C@@H](O)[C@H](O)[C@H]6O[C@@H]6O[C@H](CO)[C@@H](O)[C@H](O)[C@H]6O[C@@H]6O[C@@H](C)[C@H](O)[C@@H](O)[C@H]6O)CC[C@]5(C)[C@H]4CC[C@]3(C)[C@H]1[C@@H]2C. The molecule has 0 bridgehead atoms. The first-order valence-corrected chi connectivity index (χ1v) is 23.7. The van der Waals surface area contributed by atoms with Crippen LogP contribution in [0.3, 0.4) is 0 Å². The van der Waals surface area contributed by atoms with Crippen LogP contribution >= 0.6 is 0 Å². The normalized spacial score (nSPS) is 58.9. The van der Waals surface area contributed by atoms with Crippen LogP contribution in [0, 0.1) is 52.3 Å². The maximum absolute atomic E-state index is 11.5. The van der Waals surface area contributed by atoms with Crippen LogP contribution in [-0.2, 0) is 37.9 Å². The number of ether oxygens (including phenoxy) is 8. The van der Waals surface area contributed by atoms with Gasteiger partial charge in [0.25, 0.3) is 0 Å². The molecule has 0 amide bonds. The first-order valence-electron chi connectivity index (χ1n) is 23.7. The van der Waals surface area contributed by atoms with Crippen molar-refractivity contribution in [1.29, 1.82) is 0 Å². The Kier molecular flexibility index (Phi) is 13.1. The lowest BCUT2D eigenvalue weighted by atomic mass is 9.44. The number of hydrogen-bond donors (Lipinski definition) is 9. The van der Waals surface area contributed by atoms with E-state index in [0.717, 1.165) is 51.6 Å². The fourth-order valence-corrected chi connectivity index (χ4v) is 14.6. The molecule has 4 saturated carbocycles. The Morgan fingerprint density at radius 3 is 1.84 bits per heavy atom. The summed E-state index contributed by atoms with van der Waals surface area (Å²) in [6, 6.07) is 0. The molecule has 5 heterocycles. The lowest BCUT2D eigenvalue weighted by molar-refractivity contribution is -0.395. The van der Waals surface area contributed by atoms with Crippen molar-refractivity contribution in [3.8, 4) is 0 Å². The van der Waals surface area contributed by atoms with Gasteiger partial charge in [0, 0.05) is 12.3 Å². The van der Waals surface area contributed by atoms with Crippen LogP contribution in [0.1, 0.15) is 98.8 Å². The zero-order valence-corrected chi connectivity index (χ0v) is 36.8. The molecule has 9 aliphatic rings. The molecule has 1 spiro atoms. The largest absolute Gasteiger partial charge is 0.394 e. The third-order valence-corrected chi connectivity index (χ3v) is 18.3. The maximum Gasteiger partial charge on any atom is 0.187 e. The van der Waals surface area contributed by atoms with Crippen LogP contribution < -0.4 is 0 Å². The standard InChI is InChI=1S/C45H74O17/c1-19-8-13-45(55-18-19)20(2)30-27(62-45)15-26-24-7-6-22-14-23(9-11-43(22,4)25(24)10-12-44(26,30)5)57-41-38(35(52)32(49)28(16-46)58-41)61-42-39(36(53)33(50)29(17-47)59-42)60-40-37(54)34(51)31(48)21(3)56-40/h19-42,46-54H,6-18H2,1-5H3/t19-,20-,21-,22+,23-,24-,25-,26+,27-,28+,29+,30-,31-,32+,33+,34+,35-,36-,37+,38+,39+,40-,41+,42-,43-,44-,45+/m0/s1. The van der Waals surface area contributed by atoms with Gasteiger partial charge in [-0.3, -0.25) is 0 Å². The van der Waals surface area contributed by atoms with E-state index in [9.17, 15) is 46.0 Å². The summed E-state index contributed by atoms with van der Waals surface area (Å²) in [6.45, 7) is 10.5. The van der Waals surface area contributed by atoms with Crippen molar-refractivity contribution in [2.24, 2.45) is 52.3 Å². The highest BCUT2D eigenvalue weighted by Gasteiger charge is 2.69. The van der Waals surface area contributed by atoms with Crippen molar-refractivity contribution >= 4 is 0 Å². The molecule has 0 aromatic heterocycles. The van der Waals surface area contributed by atoms with Gasteiger partial charge in [0.15, 0.2) is 24.7 Å². The number of aliphatic hydroxyl groups is 9. The molecule has 5 saturated heterocycles. The van der Waals surface area contributed by atoms with Crippen LogP contribution in [0.2, 0.25) is 0 Å². The monoisotopic (exact) mass is 886 g/mol. The molecule has 0 aromatic carbocycles. The molecule has 17 heteroatoms. The average Bonchev–Trinajstić information content (AvgIpc) is 3.70. The van der Waals surface area contributed by atoms with Crippen molar-refractivity contribution < 1.29 is 83.9 Å². The fraction of sp³-hybridized carbons (Fsp3) is 1.00. The molecular weight excluding hydrogens is 812 g/mol. The number of hydrogen-bond acceptors (Lipinski definition) is 17. The van der Waals surface area contributed by atoms with Gasteiger partial charge in [0.05, 0.1) is 38.1 Å². The van der Waals surface area contributed by atoms with Gasteiger partial charge in [-0.05, 0) is 111 Å². The molecular formula is C45H74O17. The Morgan fingerprint density at radius 2 is 1.21 bits per heavy atom. The molecule has 17 nitrogen and oxygen atoms in total. The van der Waals surface area contributed by atoms with E-state index in [2.05, 4.69) is 27.7 Å². The average molecular weight is 887 g/mol. The van der Waals surface area contributed by atoms with Gasteiger partial charge in [0.2, 0.25) is 0 Å². The van der Waals surface area contributed by atoms with Gasteiger partial charge >= 0.3 is 0 Å². The highest BCUT2D eigenvalue weighted by atomic mass is 16.8. The molecule has 9 fully saturated rings. The quantitative estimate of drug-likeness (QED) is 0.149. The Labute approximate surface area is 364 Å². The highest BCUT2D eigenvalue weighted by molar-refractivity contribution is 5.15. The molecule has 27 atom stereocenters. The van der Waals surface area contributed by atoms with Crippen LogP contribution in [0.15, 0.2) is 0 Å². The summed E-state index contributed by atoms with van der Waals surface area (Å²) in [4.78, 5) is 0. The van der Waals surface area contributed by atoms with Gasteiger partial charge in [-0.2, -0.15) is 0 Å². The van der Waals surface area contributed by atoms with E-state index >= 15 is 0 Å². The van der Waals surface area contributed by atoms with Crippen molar-refractivity contribution in [2.75, 3.05) is 19.8 Å². The lowest BCUT2D eigenvalue weighted by Gasteiger charge is -2.61. The van der Waals surface area contributed by atoms with E-state index in [1.165, 1.54) is 19.8 Å². The Bertz CT molecular complexity index is 1550. The van der Waals surface area contributed by atoms with E-state index in [4.69, 9.17) is 37.9 Å². The molecule has 9 N–H and O–H groups in total. The van der Waals surface area contributed by atoms with E-state index < -0.39 is 111 Å². The van der Waals surface area contributed by atoms with E-state index in [0.29, 0.717) is 47.8 Å². The molecule has 0 aromatic rings. The second kappa shape index (κ2) is 17.4. The van der Waals surface area contributed by atoms with Crippen molar-refractivity contribution in [2.45, 2.75) is 209 Å². The van der Waals surface area contributed by atoms with Gasteiger partial charge < -0.3 is 83.9 Å². The van der Waals surface area contributed by atoms with Crippen LogP contribution in [0.5, 0.6) is 0 Å². The second-order valence-electron chi connectivity index (χ2n) is 21.5. The number of aliphatic hydroxyl groups excluding tert-OH is 9. The Hall–Kier alpha value is -0.680. The topological polar surface area (TPSA) is 256 Å². The Morgan fingerprint density at radius 1 is 0.581 bits per heavy atom. The number of rotatable bonds is 8. The minimum Gasteiger partial charge on any atom is -0.394 e. The molecule has 5 aliphatic heterocycles. The third kappa shape index (κ3) is 7.56. The van der Waals surface area contributed by atoms with E-state index in [1.54, 1.807) is 0 Å². The Balaban J connectivity index is 0.889. The predicted octanol–water partition coefficient (Wildman–Crippen LogP) is 0.294. The maximum atomic E-state index is 11.5. The van der Waals surface area contributed by atoms with Crippen LogP contribution in [0.25, 0.3) is 0 Å². The smallest absolute Gasteiger partial charge is 0.187 e. The van der Waals surface area contributed by atoms with Crippen LogP contribution in [0.4, 0.5) is 0 Å². The minimum atomic E-state index is -1.80. The van der Waals surface area contributed by atoms with E-state index in [-0.39, 0.29) is 23.0 Å². The summed E-state index contributed by atoms with van der Waals surface area (Å²) in [6.07, 6.45) is -12.9. The van der Waals surface area contributed by atoms with Gasteiger partial charge in [0.1, 0.15) is 67.1 Å². The summed E-state index contributed by atoms with van der Waals surface area (Å²) in [5.74, 6) is 3.19. The van der Waals surface area contributed by atoms with Crippen molar-refractivity contribution in [1.82, 2.24) is 0 Å². The summed E-state index contributed by atoms with van der Waals surface area (Å²) >= 11 is 0. The van der Waals surface area contributed by atoms with Crippen LogP contribution in [-0.4, -0.2) is 176 Å². The van der Waals surface area contributed by atoms with Gasteiger partial charge in [-0.15, -0.1) is 0 Å². The first kappa shape index (κ1) is 46.4. The zero-order valence-electron chi connectivity index (χ0n) is 36.8. The molecule has 0 radical (unpaired) electrons. The fourth-order valence-electron chi connectivity index (χ4n) is 14.6. The van der Waals surface area contributed by atoms with Crippen molar-refractivity contribution in [3.63, 3.8) is 0 Å². The van der Waals surface area contributed by atoms with Gasteiger partial charge in [-0.25, -0.2) is 0 Å². The van der Waals surface area contributed by atoms with E-state index in [1.807, 2.05) is 0 Å². The zero-order chi connectivity index (χ0) is 44.2. The lowest BCUT2D eigenvalue weighted by Crippen LogP contribution is -2.67.